The van der Waals surface area contributed by atoms with E-state index in [2.05, 4.69) is 9.47 Å². The standard InChI is InChI=1S/C12H12F3IO3/c13-12(14,15)19-8-4-3-7-18-11(17)9-5-1-2-6-10(9)16/h1-2,5-6H,3-4,7-8H2/i3D2,4D2,7D2,8D2. The maximum absolute atomic E-state index is 12.3. The first-order valence-electron chi connectivity index (χ1n) is 8.60. The van der Waals surface area contributed by atoms with Gasteiger partial charge in [-0.3, -0.25) is 4.74 Å². The number of hydrogen-bond donors (Lipinski definition) is 0. The smallest absolute Gasteiger partial charge is 0.462 e. The zero-order chi connectivity index (χ0) is 21.5. The van der Waals surface area contributed by atoms with E-state index in [9.17, 15) is 18.0 Å². The van der Waals surface area contributed by atoms with Crippen molar-refractivity contribution in [3.8, 4) is 0 Å². The lowest BCUT2D eigenvalue weighted by molar-refractivity contribution is -0.324. The molecule has 0 heterocycles. The zero-order valence-electron chi connectivity index (χ0n) is 17.0. The van der Waals surface area contributed by atoms with Gasteiger partial charge in [-0.1, -0.05) is 12.1 Å². The monoisotopic (exact) mass is 396 g/mol. The predicted molar refractivity (Wildman–Crippen MR) is 70.7 cm³/mol. The molecule has 1 rings (SSSR count). The normalized spacial score (nSPS) is 20.6. The Kier molecular flexibility index (Phi) is 3.16. The Morgan fingerprint density at radius 3 is 2.53 bits per heavy atom. The van der Waals surface area contributed by atoms with Gasteiger partial charge in [-0.2, -0.15) is 0 Å². The molecule has 0 aliphatic heterocycles. The number of ether oxygens (including phenoxy) is 2. The minimum absolute atomic E-state index is 0.201. The van der Waals surface area contributed by atoms with Crippen LogP contribution in [0.5, 0.6) is 0 Å². The molecule has 7 heteroatoms. The van der Waals surface area contributed by atoms with Gasteiger partial charge in [-0.15, -0.1) is 13.2 Å². The molecular formula is C12H12F3IO3. The maximum atomic E-state index is 12.3. The van der Waals surface area contributed by atoms with Crippen LogP contribution in [0.2, 0.25) is 0 Å². The highest BCUT2D eigenvalue weighted by atomic mass is 127. The Bertz CT molecular complexity index is 711. The van der Waals surface area contributed by atoms with Gasteiger partial charge >= 0.3 is 12.3 Å². The van der Waals surface area contributed by atoms with Crippen LogP contribution < -0.4 is 0 Å². The number of hydrogen-bond acceptors (Lipinski definition) is 3. The number of alkyl halides is 3. The second-order valence-electron chi connectivity index (χ2n) is 2.87. The molecule has 0 N–H and O–H groups in total. The third-order valence-electron chi connectivity index (χ3n) is 1.57. The van der Waals surface area contributed by atoms with Crippen LogP contribution in [0.1, 0.15) is 34.1 Å². The van der Waals surface area contributed by atoms with E-state index in [1.165, 1.54) is 24.3 Å². The molecule has 1 aromatic carbocycles. The lowest BCUT2D eigenvalue weighted by Crippen LogP contribution is -2.14. The Balaban J connectivity index is 3.22. The molecule has 0 aliphatic carbocycles. The van der Waals surface area contributed by atoms with E-state index in [4.69, 9.17) is 11.0 Å². The van der Waals surface area contributed by atoms with Crippen LogP contribution in [-0.2, 0) is 9.47 Å². The molecule has 0 aromatic heterocycles. The van der Waals surface area contributed by atoms with E-state index in [1.807, 2.05) is 0 Å². The topological polar surface area (TPSA) is 35.5 Å². The average molecular weight is 396 g/mol. The molecule has 0 bridgehead atoms. The Morgan fingerprint density at radius 1 is 1.26 bits per heavy atom. The SMILES string of the molecule is [2H]C([2H])(OC(=O)c1ccccc1I)C([2H])([2H])C([2H])([2H])C([2H])([2H])OC(F)(F)F. The van der Waals surface area contributed by atoms with Crippen molar-refractivity contribution in [2.75, 3.05) is 13.1 Å². The highest BCUT2D eigenvalue weighted by Gasteiger charge is 2.28. The summed E-state index contributed by atoms with van der Waals surface area (Å²) in [5.41, 5.74) is -0.201. The summed E-state index contributed by atoms with van der Waals surface area (Å²) in [4.78, 5) is 12.1. The first kappa shape index (κ1) is 7.82. The fourth-order valence-electron chi connectivity index (χ4n) is 0.888. The number of carbonyl (C=O) groups excluding carboxylic acids is 1. The number of rotatable bonds is 6. The van der Waals surface area contributed by atoms with Crippen LogP contribution in [0.3, 0.4) is 0 Å². The summed E-state index contributed by atoms with van der Waals surface area (Å²) < 4.78 is 104. The van der Waals surface area contributed by atoms with Crippen molar-refractivity contribution < 1.29 is 38.4 Å². The highest BCUT2D eigenvalue weighted by Crippen LogP contribution is 2.16. The fourth-order valence-corrected chi connectivity index (χ4v) is 1.50. The summed E-state index contributed by atoms with van der Waals surface area (Å²) in [5.74, 6) is -1.41. The van der Waals surface area contributed by atoms with Gasteiger partial charge in [0.15, 0.2) is 0 Å². The molecule has 0 saturated carbocycles. The molecule has 0 amide bonds. The molecule has 0 spiro atoms. The summed E-state index contributed by atoms with van der Waals surface area (Å²) in [6.07, 6.45) is -14.0. The van der Waals surface area contributed by atoms with Crippen LogP contribution in [0.25, 0.3) is 0 Å². The third kappa shape index (κ3) is 6.76. The van der Waals surface area contributed by atoms with Crippen molar-refractivity contribution in [3.05, 3.63) is 33.4 Å². The van der Waals surface area contributed by atoms with Gasteiger partial charge in [0.25, 0.3) is 0 Å². The first-order valence-corrected chi connectivity index (χ1v) is 5.68. The highest BCUT2D eigenvalue weighted by molar-refractivity contribution is 14.1. The number of halogens is 4. The van der Waals surface area contributed by atoms with Crippen LogP contribution in [0.4, 0.5) is 13.2 Å². The minimum atomic E-state index is -5.67. The molecule has 3 nitrogen and oxygen atoms in total. The molecule has 0 aliphatic rings. The van der Waals surface area contributed by atoms with Gasteiger partial charge in [-0.25, -0.2) is 4.79 Å². The molecule has 19 heavy (non-hydrogen) atoms. The van der Waals surface area contributed by atoms with E-state index in [1.54, 1.807) is 22.6 Å². The van der Waals surface area contributed by atoms with E-state index >= 15 is 0 Å². The summed E-state index contributed by atoms with van der Waals surface area (Å²) in [6.45, 7) is -8.19. The Hall–Kier alpha value is -0.830. The van der Waals surface area contributed by atoms with Crippen LogP contribution in [0, 0.1) is 3.57 Å². The second kappa shape index (κ2) is 7.68. The Labute approximate surface area is 133 Å². The predicted octanol–water partition coefficient (Wildman–Crippen LogP) is 3.76. The van der Waals surface area contributed by atoms with Crippen molar-refractivity contribution in [1.82, 2.24) is 0 Å². The molecule has 106 valence electrons. The molecule has 0 fully saturated rings. The number of esters is 1. The summed E-state index contributed by atoms with van der Waals surface area (Å²) >= 11 is 1.70. The number of benzene rings is 1. The van der Waals surface area contributed by atoms with E-state index in [0.717, 1.165) is 0 Å². The van der Waals surface area contributed by atoms with Gasteiger partial charge in [-0.05, 0) is 47.5 Å². The van der Waals surface area contributed by atoms with E-state index in [0.29, 0.717) is 0 Å². The molecule has 0 atom stereocenters. The van der Waals surface area contributed by atoms with Crippen LogP contribution >= 0.6 is 22.6 Å². The lowest BCUT2D eigenvalue weighted by atomic mass is 10.2. The second-order valence-corrected chi connectivity index (χ2v) is 4.03. The zero-order valence-corrected chi connectivity index (χ0v) is 11.2. The van der Waals surface area contributed by atoms with Crippen molar-refractivity contribution in [3.63, 3.8) is 0 Å². The molecule has 0 radical (unpaired) electrons. The van der Waals surface area contributed by atoms with E-state index < -0.39 is 38.2 Å². The molecule has 0 unspecified atom stereocenters. The molecule has 0 saturated heterocycles. The van der Waals surface area contributed by atoms with Gasteiger partial charge in [0.2, 0.25) is 0 Å². The van der Waals surface area contributed by atoms with Crippen molar-refractivity contribution in [2.24, 2.45) is 0 Å². The van der Waals surface area contributed by atoms with Crippen molar-refractivity contribution in [2.45, 2.75) is 19.1 Å². The lowest BCUT2D eigenvalue weighted by Gasteiger charge is -2.08. The first-order chi connectivity index (χ1) is 11.9. The van der Waals surface area contributed by atoms with Gasteiger partial charge in [0.05, 0.1) is 24.2 Å². The van der Waals surface area contributed by atoms with Gasteiger partial charge < -0.3 is 4.74 Å². The van der Waals surface area contributed by atoms with Crippen molar-refractivity contribution in [1.29, 1.82) is 0 Å². The molecular weight excluding hydrogens is 376 g/mol. The fraction of sp³-hybridized carbons (Fsp3) is 0.417. The van der Waals surface area contributed by atoms with Crippen LogP contribution in [0.15, 0.2) is 24.3 Å². The minimum Gasteiger partial charge on any atom is -0.462 e. The van der Waals surface area contributed by atoms with Gasteiger partial charge in [0, 0.05) is 9.05 Å². The van der Waals surface area contributed by atoms with Crippen LogP contribution in [-0.4, -0.2) is 25.4 Å². The van der Waals surface area contributed by atoms with Crippen molar-refractivity contribution >= 4 is 28.6 Å². The summed E-state index contributed by atoms with van der Waals surface area (Å²) in [7, 11) is 0. The Morgan fingerprint density at radius 2 is 1.89 bits per heavy atom. The average Bonchev–Trinajstić information content (AvgIpc) is 2.43. The number of carbonyl (C=O) groups is 1. The quantitative estimate of drug-likeness (QED) is 0.543. The van der Waals surface area contributed by atoms with Gasteiger partial charge in [0.1, 0.15) is 0 Å². The maximum Gasteiger partial charge on any atom is 0.522 e. The largest absolute Gasteiger partial charge is 0.522 e. The van der Waals surface area contributed by atoms with E-state index in [-0.39, 0.29) is 9.13 Å². The third-order valence-corrected chi connectivity index (χ3v) is 2.51. The molecule has 1 aromatic rings. The summed E-state index contributed by atoms with van der Waals surface area (Å²) in [6, 6.07) is 5.57. The summed E-state index contributed by atoms with van der Waals surface area (Å²) in [5, 5.41) is 0.